The van der Waals surface area contributed by atoms with E-state index in [4.69, 9.17) is 16.3 Å². The fourth-order valence-corrected chi connectivity index (χ4v) is 3.88. The van der Waals surface area contributed by atoms with Crippen molar-refractivity contribution in [2.45, 2.75) is 39.8 Å². The molecule has 1 N–H and O–H groups in total. The summed E-state index contributed by atoms with van der Waals surface area (Å²) in [6, 6.07) is 23.9. The molecule has 0 spiro atoms. The van der Waals surface area contributed by atoms with E-state index in [0.29, 0.717) is 29.7 Å². The molecule has 6 heteroatoms. The van der Waals surface area contributed by atoms with Crippen LogP contribution in [0.25, 0.3) is 0 Å². The number of benzene rings is 3. The summed E-state index contributed by atoms with van der Waals surface area (Å²) >= 11 is 6.21. The van der Waals surface area contributed by atoms with E-state index in [2.05, 4.69) is 5.32 Å². The number of nitrogens with zero attached hydrogens (tertiary/aromatic N) is 1. The van der Waals surface area contributed by atoms with E-state index in [1.165, 1.54) is 0 Å². The van der Waals surface area contributed by atoms with Crippen LogP contribution in [0.15, 0.2) is 78.9 Å². The Morgan fingerprint density at radius 2 is 1.63 bits per heavy atom. The molecular weight excluding hydrogens is 460 g/mol. The van der Waals surface area contributed by atoms with E-state index in [1.807, 2.05) is 93.6 Å². The van der Waals surface area contributed by atoms with Crippen molar-refractivity contribution in [2.24, 2.45) is 5.92 Å². The van der Waals surface area contributed by atoms with Crippen molar-refractivity contribution in [3.05, 3.63) is 101 Å². The molecule has 0 aromatic heterocycles. The molecule has 0 radical (unpaired) electrons. The van der Waals surface area contributed by atoms with Crippen LogP contribution in [-0.4, -0.2) is 35.9 Å². The molecule has 1 atom stereocenters. The van der Waals surface area contributed by atoms with Crippen LogP contribution in [0.5, 0.6) is 5.75 Å². The molecule has 0 saturated carbocycles. The van der Waals surface area contributed by atoms with Gasteiger partial charge in [0.2, 0.25) is 5.91 Å². The number of halogens is 1. The molecule has 2 amide bonds. The molecular formula is C29H33ClN2O3. The van der Waals surface area contributed by atoms with Crippen LogP contribution in [0.4, 0.5) is 0 Å². The van der Waals surface area contributed by atoms with Crippen LogP contribution in [-0.2, 0) is 22.6 Å². The molecule has 0 aliphatic heterocycles. The third-order valence-corrected chi connectivity index (χ3v) is 5.82. The first-order chi connectivity index (χ1) is 16.8. The molecule has 5 nitrogen and oxygen atoms in total. The molecule has 0 heterocycles. The van der Waals surface area contributed by atoms with Gasteiger partial charge in [0.25, 0.3) is 5.91 Å². The van der Waals surface area contributed by atoms with Crippen molar-refractivity contribution in [1.82, 2.24) is 10.2 Å². The van der Waals surface area contributed by atoms with E-state index >= 15 is 0 Å². The van der Waals surface area contributed by atoms with Gasteiger partial charge in [0.1, 0.15) is 11.8 Å². The molecule has 0 bridgehead atoms. The molecule has 3 aromatic carbocycles. The Bertz CT molecular complexity index is 1100. The molecule has 0 saturated heterocycles. The summed E-state index contributed by atoms with van der Waals surface area (Å²) < 4.78 is 5.79. The highest BCUT2D eigenvalue weighted by molar-refractivity contribution is 6.30. The molecule has 1 unspecified atom stereocenters. The smallest absolute Gasteiger partial charge is 0.261 e. The average Bonchev–Trinajstić information content (AvgIpc) is 2.85. The minimum atomic E-state index is -0.704. The molecule has 3 aromatic rings. The van der Waals surface area contributed by atoms with Crippen LogP contribution in [0.3, 0.4) is 0 Å². The number of nitrogens with one attached hydrogen (secondary N) is 1. The number of carbonyl (C=O) groups excluding carboxylic acids is 2. The summed E-state index contributed by atoms with van der Waals surface area (Å²) in [6.45, 7) is 6.66. The number of aryl methyl sites for hydroxylation is 1. The third-order valence-electron chi connectivity index (χ3n) is 5.58. The number of hydrogen-bond acceptors (Lipinski definition) is 3. The Morgan fingerprint density at radius 3 is 2.29 bits per heavy atom. The molecule has 35 heavy (non-hydrogen) atoms. The summed E-state index contributed by atoms with van der Waals surface area (Å²) in [5.41, 5.74) is 2.92. The highest BCUT2D eigenvalue weighted by Gasteiger charge is 2.30. The van der Waals surface area contributed by atoms with Gasteiger partial charge in [-0.1, -0.05) is 85.6 Å². The standard InChI is InChI=1S/C29H33ClN2O3/c1-21(2)18-31-29(34)27(17-23-8-5-4-6-9-23)32(19-24-10-7-11-25(30)16-24)28(33)20-35-26-14-12-22(3)13-15-26/h4-16,21,27H,17-20H2,1-3H3,(H,31,34). The van der Waals surface area contributed by atoms with Gasteiger partial charge in [-0.05, 0) is 48.2 Å². The van der Waals surface area contributed by atoms with Crippen molar-refractivity contribution in [3.8, 4) is 5.75 Å². The number of hydrogen-bond donors (Lipinski definition) is 1. The van der Waals surface area contributed by atoms with Gasteiger partial charge in [-0.3, -0.25) is 9.59 Å². The Hall–Kier alpha value is -3.31. The zero-order valence-corrected chi connectivity index (χ0v) is 21.3. The lowest BCUT2D eigenvalue weighted by Gasteiger charge is -2.31. The van der Waals surface area contributed by atoms with Gasteiger partial charge in [-0.25, -0.2) is 0 Å². The van der Waals surface area contributed by atoms with Crippen molar-refractivity contribution < 1.29 is 14.3 Å². The van der Waals surface area contributed by atoms with Crippen LogP contribution >= 0.6 is 11.6 Å². The predicted octanol–water partition coefficient (Wildman–Crippen LogP) is 5.44. The normalized spacial score (nSPS) is 11.7. The monoisotopic (exact) mass is 492 g/mol. The Labute approximate surface area is 213 Å². The number of amides is 2. The lowest BCUT2D eigenvalue weighted by atomic mass is 10.0. The average molecular weight is 493 g/mol. The van der Waals surface area contributed by atoms with Crippen molar-refractivity contribution >= 4 is 23.4 Å². The second-order valence-electron chi connectivity index (χ2n) is 9.10. The van der Waals surface area contributed by atoms with Gasteiger partial charge in [-0.2, -0.15) is 0 Å². The number of carbonyl (C=O) groups is 2. The minimum Gasteiger partial charge on any atom is -0.484 e. The summed E-state index contributed by atoms with van der Waals surface area (Å²) in [5.74, 6) is 0.438. The summed E-state index contributed by atoms with van der Waals surface area (Å²) in [6.07, 6.45) is 0.390. The van der Waals surface area contributed by atoms with Crippen molar-refractivity contribution in [2.75, 3.05) is 13.2 Å². The van der Waals surface area contributed by atoms with Gasteiger partial charge in [-0.15, -0.1) is 0 Å². The van der Waals surface area contributed by atoms with E-state index in [-0.39, 0.29) is 25.0 Å². The molecule has 0 fully saturated rings. The molecule has 184 valence electrons. The first-order valence-electron chi connectivity index (χ1n) is 11.9. The lowest BCUT2D eigenvalue weighted by molar-refractivity contribution is -0.142. The zero-order chi connectivity index (χ0) is 25.2. The second-order valence-corrected chi connectivity index (χ2v) is 9.53. The predicted molar refractivity (Wildman–Crippen MR) is 140 cm³/mol. The summed E-state index contributed by atoms with van der Waals surface area (Å²) in [5, 5.41) is 3.59. The van der Waals surface area contributed by atoms with E-state index in [1.54, 1.807) is 11.0 Å². The van der Waals surface area contributed by atoms with Gasteiger partial charge >= 0.3 is 0 Å². The maximum absolute atomic E-state index is 13.5. The van der Waals surface area contributed by atoms with E-state index < -0.39 is 6.04 Å². The molecule has 3 rings (SSSR count). The highest BCUT2D eigenvalue weighted by Crippen LogP contribution is 2.18. The minimum absolute atomic E-state index is 0.174. The molecule has 0 aliphatic carbocycles. The summed E-state index contributed by atoms with van der Waals surface area (Å²) in [7, 11) is 0. The zero-order valence-electron chi connectivity index (χ0n) is 20.5. The largest absolute Gasteiger partial charge is 0.484 e. The topological polar surface area (TPSA) is 58.6 Å². The van der Waals surface area contributed by atoms with Gasteiger partial charge < -0.3 is 15.0 Å². The molecule has 0 aliphatic rings. The Morgan fingerprint density at radius 1 is 0.943 bits per heavy atom. The number of ether oxygens (including phenoxy) is 1. The fourth-order valence-electron chi connectivity index (χ4n) is 3.67. The Kier molecular flexibility index (Phi) is 9.74. The van der Waals surface area contributed by atoms with Gasteiger partial charge in [0, 0.05) is 24.5 Å². The van der Waals surface area contributed by atoms with E-state index in [9.17, 15) is 9.59 Å². The quantitative estimate of drug-likeness (QED) is 0.387. The lowest BCUT2D eigenvalue weighted by Crippen LogP contribution is -2.52. The fraction of sp³-hybridized carbons (Fsp3) is 0.310. The highest BCUT2D eigenvalue weighted by atomic mass is 35.5. The summed E-state index contributed by atoms with van der Waals surface area (Å²) in [4.78, 5) is 28.5. The van der Waals surface area contributed by atoms with Crippen LogP contribution < -0.4 is 10.1 Å². The van der Waals surface area contributed by atoms with Crippen molar-refractivity contribution in [1.29, 1.82) is 0 Å². The second kappa shape index (κ2) is 13.0. The van der Waals surface area contributed by atoms with Crippen molar-refractivity contribution in [3.63, 3.8) is 0 Å². The van der Waals surface area contributed by atoms with Crippen LogP contribution in [0.1, 0.15) is 30.5 Å². The maximum Gasteiger partial charge on any atom is 0.261 e. The van der Waals surface area contributed by atoms with Gasteiger partial charge in [0.15, 0.2) is 6.61 Å². The van der Waals surface area contributed by atoms with Crippen LogP contribution in [0, 0.1) is 12.8 Å². The first-order valence-corrected chi connectivity index (χ1v) is 12.2. The number of rotatable bonds is 11. The third kappa shape index (κ3) is 8.45. The SMILES string of the molecule is Cc1ccc(OCC(=O)N(Cc2cccc(Cl)c2)C(Cc2ccccc2)C(=O)NCC(C)C)cc1. The van der Waals surface area contributed by atoms with Gasteiger partial charge in [0.05, 0.1) is 0 Å². The van der Waals surface area contributed by atoms with Crippen LogP contribution in [0.2, 0.25) is 5.02 Å². The Balaban J connectivity index is 1.89. The van der Waals surface area contributed by atoms with E-state index in [0.717, 1.165) is 16.7 Å². The maximum atomic E-state index is 13.5. The first kappa shape index (κ1) is 26.3.